The van der Waals surface area contributed by atoms with E-state index in [2.05, 4.69) is 18.7 Å². The minimum Gasteiger partial charge on any atom is -0.358 e. The SMILES string of the molecule is CCN(CC)C(=S)SC[C@H]1COC(C)(C)O1. The van der Waals surface area contributed by atoms with Crippen LogP contribution in [-0.2, 0) is 9.47 Å². The summed E-state index contributed by atoms with van der Waals surface area (Å²) in [4.78, 5) is 2.18. The van der Waals surface area contributed by atoms with Crippen LogP contribution in [0.3, 0.4) is 0 Å². The Morgan fingerprint density at radius 2 is 2.06 bits per heavy atom. The van der Waals surface area contributed by atoms with Crippen molar-refractivity contribution in [2.45, 2.75) is 39.6 Å². The van der Waals surface area contributed by atoms with E-state index in [-0.39, 0.29) is 6.10 Å². The molecule has 1 rings (SSSR count). The van der Waals surface area contributed by atoms with Gasteiger partial charge in [0.1, 0.15) is 4.32 Å². The summed E-state index contributed by atoms with van der Waals surface area (Å²) in [6.07, 6.45) is 0.161. The van der Waals surface area contributed by atoms with Crippen molar-refractivity contribution >= 4 is 28.3 Å². The van der Waals surface area contributed by atoms with E-state index in [1.807, 2.05) is 13.8 Å². The highest BCUT2D eigenvalue weighted by atomic mass is 32.2. The van der Waals surface area contributed by atoms with Gasteiger partial charge in [-0.15, -0.1) is 0 Å². The zero-order valence-electron chi connectivity index (χ0n) is 10.5. The third-order valence-electron chi connectivity index (χ3n) is 2.48. The molecule has 0 aromatic carbocycles. The number of ether oxygens (including phenoxy) is 2. The Kier molecular flexibility index (Phi) is 5.50. The van der Waals surface area contributed by atoms with Crippen molar-refractivity contribution in [3.63, 3.8) is 0 Å². The maximum Gasteiger partial charge on any atom is 0.163 e. The van der Waals surface area contributed by atoms with Gasteiger partial charge in [0.2, 0.25) is 0 Å². The molecular weight excluding hydrogens is 242 g/mol. The van der Waals surface area contributed by atoms with Gasteiger partial charge in [0.05, 0.1) is 12.7 Å². The first-order valence-corrected chi connectivity index (χ1v) is 7.11. The molecule has 0 aromatic rings. The van der Waals surface area contributed by atoms with Crippen LogP contribution in [-0.4, -0.2) is 46.6 Å². The lowest BCUT2D eigenvalue weighted by molar-refractivity contribution is -0.135. The Labute approximate surface area is 108 Å². The lowest BCUT2D eigenvalue weighted by Gasteiger charge is -2.22. The smallest absolute Gasteiger partial charge is 0.163 e. The fraction of sp³-hybridized carbons (Fsp3) is 0.909. The molecule has 0 saturated carbocycles. The Balaban J connectivity index is 2.27. The van der Waals surface area contributed by atoms with E-state index in [1.54, 1.807) is 11.8 Å². The predicted octanol–water partition coefficient (Wildman–Crippen LogP) is 2.50. The largest absolute Gasteiger partial charge is 0.358 e. The highest BCUT2D eigenvalue weighted by molar-refractivity contribution is 8.22. The van der Waals surface area contributed by atoms with Gasteiger partial charge in [0.15, 0.2) is 5.79 Å². The summed E-state index contributed by atoms with van der Waals surface area (Å²) in [5.74, 6) is 0.445. The number of thiocarbonyl (C=S) groups is 1. The van der Waals surface area contributed by atoms with E-state index in [0.717, 1.165) is 23.2 Å². The molecule has 0 unspecified atom stereocenters. The first-order valence-electron chi connectivity index (χ1n) is 5.72. The zero-order chi connectivity index (χ0) is 12.2. The summed E-state index contributed by atoms with van der Waals surface area (Å²) in [6, 6.07) is 0. The van der Waals surface area contributed by atoms with E-state index >= 15 is 0 Å². The Bertz CT molecular complexity index is 242. The van der Waals surface area contributed by atoms with Crippen molar-refractivity contribution in [3.8, 4) is 0 Å². The normalized spacial score (nSPS) is 23.4. The van der Waals surface area contributed by atoms with Crippen LogP contribution in [0, 0.1) is 0 Å². The fourth-order valence-electron chi connectivity index (χ4n) is 1.58. The number of hydrogen-bond acceptors (Lipinski definition) is 4. The van der Waals surface area contributed by atoms with Gasteiger partial charge >= 0.3 is 0 Å². The molecule has 1 aliphatic heterocycles. The number of rotatable bonds is 4. The molecule has 0 bridgehead atoms. The number of thioether (sulfide) groups is 1. The summed E-state index contributed by atoms with van der Waals surface area (Å²) >= 11 is 7.04. The van der Waals surface area contributed by atoms with Crippen LogP contribution >= 0.6 is 24.0 Å². The molecule has 0 amide bonds. The van der Waals surface area contributed by atoms with E-state index in [9.17, 15) is 0 Å². The standard InChI is InChI=1S/C11H21NO2S2/c1-5-12(6-2)10(15)16-8-9-7-13-11(3,4)14-9/h9H,5-8H2,1-4H3/t9-/m1/s1. The fourth-order valence-corrected chi connectivity index (χ4v) is 2.98. The molecule has 1 saturated heterocycles. The first-order chi connectivity index (χ1) is 7.48. The van der Waals surface area contributed by atoms with Gasteiger partial charge < -0.3 is 14.4 Å². The van der Waals surface area contributed by atoms with Crippen LogP contribution in [0.25, 0.3) is 0 Å². The first kappa shape index (κ1) is 14.2. The van der Waals surface area contributed by atoms with Gasteiger partial charge in [0, 0.05) is 18.8 Å². The predicted molar refractivity (Wildman–Crippen MR) is 72.9 cm³/mol. The lowest BCUT2D eigenvalue weighted by Crippen LogP contribution is -2.28. The van der Waals surface area contributed by atoms with Gasteiger partial charge in [-0.1, -0.05) is 24.0 Å². The average molecular weight is 263 g/mol. The molecule has 0 spiro atoms. The van der Waals surface area contributed by atoms with E-state index in [0.29, 0.717) is 6.61 Å². The highest BCUT2D eigenvalue weighted by Crippen LogP contribution is 2.25. The minimum absolute atomic E-state index is 0.161. The summed E-state index contributed by atoms with van der Waals surface area (Å²) in [7, 11) is 0. The Hall–Kier alpha value is 0.160. The quantitative estimate of drug-likeness (QED) is 0.725. The van der Waals surface area contributed by atoms with E-state index in [1.165, 1.54) is 0 Å². The maximum atomic E-state index is 5.72. The van der Waals surface area contributed by atoms with Crippen molar-refractivity contribution in [1.82, 2.24) is 4.90 Å². The van der Waals surface area contributed by atoms with Crippen molar-refractivity contribution in [1.29, 1.82) is 0 Å². The van der Waals surface area contributed by atoms with Gasteiger partial charge in [-0.05, 0) is 27.7 Å². The van der Waals surface area contributed by atoms with Gasteiger partial charge in [-0.25, -0.2) is 0 Å². The molecule has 5 heteroatoms. The zero-order valence-corrected chi connectivity index (χ0v) is 12.1. The maximum absolute atomic E-state index is 5.72. The topological polar surface area (TPSA) is 21.7 Å². The van der Waals surface area contributed by atoms with Crippen LogP contribution < -0.4 is 0 Å². The van der Waals surface area contributed by atoms with Crippen molar-refractivity contribution < 1.29 is 9.47 Å². The van der Waals surface area contributed by atoms with Crippen molar-refractivity contribution in [2.75, 3.05) is 25.4 Å². The van der Waals surface area contributed by atoms with Crippen molar-refractivity contribution in [2.24, 2.45) is 0 Å². The Morgan fingerprint density at radius 3 is 2.50 bits per heavy atom. The molecule has 1 aliphatic rings. The molecule has 1 fully saturated rings. The van der Waals surface area contributed by atoms with Crippen LogP contribution in [0.5, 0.6) is 0 Å². The molecule has 0 aromatic heterocycles. The molecule has 1 atom stereocenters. The van der Waals surface area contributed by atoms with Crippen LogP contribution in [0.4, 0.5) is 0 Å². The summed E-state index contributed by atoms with van der Waals surface area (Å²) in [6.45, 7) is 10.7. The average Bonchev–Trinajstić information content (AvgIpc) is 2.57. The number of nitrogens with zero attached hydrogens (tertiary/aromatic N) is 1. The van der Waals surface area contributed by atoms with Crippen LogP contribution in [0.2, 0.25) is 0 Å². The molecule has 0 radical (unpaired) electrons. The molecule has 0 aliphatic carbocycles. The number of hydrogen-bond donors (Lipinski definition) is 0. The molecule has 1 heterocycles. The third-order valence-corrected chi connectivity index (χ3v) is 4.14. The third kappa shape index (κ3) is 4.20. The Morgan fingerprint density at radius 1 is 1.44 bits per heavy atom. The molecule has 0 N–H and O–H groups in total. The molecule has 94 valence electrons. The van der Waals surface area contributed by atoms with Gasteiger partial charge in [-0.2, -0.15) is 0 Å². The molecule has 3 nitrogen and oxygen atoms in total. The summed E-state index contributed by atoms with van der Waals surface area (Å²) in [5, 5.41) is 0. The second kappa shape index (κ2) is 6.19. The van der Waals surface area contributed by atoms with Gasteiger partial charge in [0.25, 0.3) is 0 Å². The second-order valence-corrected chi connectivity index (χ2v) is 5.85. The van der Waals surface area contributed by atoms with Gasteiger partial charge in [-0.3, -0.25) is 0 Å². The van der Waals surface area contributed by atoms with Crippen molar-refractivity contribution in [3.05, 3.63) is 0 Å². The highest BCUT2D eigenvalue weighted by Gasteiger charge is 2.32. The summed E-state index contributed by atoms with van der Waals surface area (Å²) < 4.78 is 12.2. The molecule has 16 heavy (non-hydrogen) atoms. The minimum atomic E-state index is -0.429. The van der Waals surface area contributed by atoms with E-state index < -0.39 is 5.79 Å². The monoisotopic (exact) mass is 263 g/mol. The summed E-state index contributed by atoms with van der Waals surface area (Å²) in [5.41, 5.74) is 0. The second-order valence-electron chi connectivity index (χ2n) is 4.20. The lowest BCUT2D eigenvalue weighted by atomic mass is 10.4. The van der Waals surface area contributed by atoms with E-state index in [4.69, 9.17) is 21.7 Å². The van der Waals surface area contributed by atoms with Crippen LogP contribution in [0.15, 0.2) is 0 Å². The molecular formula is C11H21NO2S2. The van der Waals surface area contributed by atoms with Crippen LogP contribution in [0.1, 0.15) is 27.7 Å².